The summed E-state index contributed by atoms with van der Waals surface area (Å²) >= 11 is 0. The van der Waals surface area contributed by atoms with Crippen molar-refractivity contribution in [2.75, 3.05) is 7.05 Å². The van der Waals surface area contributed by atoms with Gasteiger partial charge in [0, 0.05) is 36.2 Å². The Morgan fingerprint density at radius 2 is 1.91 bits per heavy atom. The van der Waals surface area contributed by atoms with Gasteiger partial charge in [0.1, 0.15) is 0 Å². The number of hydrogen-bond donors (Lipinski definition) is 0. The van der Waals surface area contributed by atoms with Crippen molar-refractivity contribution in [2.45, 2.75) is 59.9 Å². The summed E-state index contributed by atoms with van der Waals surface area (Å²) in [5.41, 5.74) is 5.61. The summed E-state index contributed by atoms with van der Waals surface area (Å²) in [6.07, 6.45) is 0.937. The van der Waals surface area contributed by atoms with Crippen LogP contribution in [0.5, 0.6) is 0 Å². The topological polar surface area (TPSA) is 34.5 Å². The lowest BCUT2D eigenvalue weighted by Crippen LogP contribution is -2.13. The van der Waals surface area contributed by atoms with Crippen LogP contribution in [0.25, 0.3) is 10.9 Å². The summed E-state index contributed by atoms with van der Waals surface area (Å²) in [5, 5.41) is 1.04. The molecule has 0 atom stereocenters. The zero-order valence-electron chi connectivity index (χ0n) is 14.8. The van der Waals surface area contributed by atoms with E-state index in [0.29, 0.717) is 0 Å². The van der Waals surface area contributed by atoms with Gasteiger partial charge in [-0.05, 0) is 57.5 Å². The van der Waals surface area contributed by atoms with Gasteiger partial charge in [0.15, 0.2) is 0 Å². The van der Waals surface area contributed by atoms with Gasteiger partial charge in [-0.25, -0.2) is 4.79 Å². The van der Waals surface area contributed by atoms with E-state index in [1.807, 2.05) is 20.8 Å². The number of ether oxygens (including phenoxy) is 1. The van der Waals surface area contributed by atoms with E-state index in [0.717, 1.165) is 48.2 Å². The number of esters is 1. The van der Waals surface area contributed by atoms with Crippen molar-refractivity contribution in [3.8, 4) is 0 Å². The molecule has 4 nitrogen and oxygen atoms in total. The van der Waals surface area contributed by atoms with Crippen LogP contribution < -0.4 is 0 Å². The summed E-state index contributed by atoms with van der Waals surface area (Å²) in [4.78, 5) is 14.9. The molecule has 2 heterocycles. The van der Waals surface area contributed by atoms with E-state index in [1.165, 1.54) is 11.1 Å². The van der Waals surface area contributed by atoms with Gasteiger partial charge in [-0.2, -0.15) is 0 Å². The number of rotatable bonds is 4. The predicted octanol–water partition coefficient (Wildman–Crippen LogP) is 3.87. The molecule has 3 rings (SSSR count). The molecule has 0 saturated heterocycles. The first-order valence-electron chi connectivity index (χ1n) is 8.46. The van der Waals surface area contributed by atoms with E-state index in [-0.39, 0.29) is 12.1 Å². The lowest BCUT2D eigenvalue weighted by Gasteiger charge is -2.09. The first-order valence-corrected chi connectivity index (χ1v) is 8.46. The van der Waals surface area contributed by atoms with Gasteiger partial charge in [-0.3, -0.25) is 4.90 Å². The van der Waals surface area contributed by atoms with Crippen LogP contribution in [0.15, 0.2) is 12.1 Å². The van der Waals surface area contributed by atoms with E-state index in [2.05, 4.69) is 35.6 Å². The minimum atomic E-state index is -0.205. The Kier molecular flexibility index (Phi) is 4.19. The van der Waals surface area contributed by atoms with Crippen LogP contribution in [0.4, 0.5) is 0 Å². The van der Waals surface area contributed by atoms with Crippen LogP contribution in [-0.2, 0) is 24.4 Å². The van der Waals surface area contributed by atoms with E-state index in [4.69, 9.17) is 4.74 Å². The second kappa shape index (κ2) is 6.00. The van der Waals surface area contributed by atoms with Crippen LogP contribution in [0, 0.1) is 6.92 Å². The largest absolute Gasteiger partial charge is 0.459 e. The molecule has 0 aliphatic carbocycles. The second-order valence-electron chi connectivity index (χ2n) is 6.88. The molecule has 0 N–H and O–H groups in total. The Morgan fingerprint density at radius 3 is 2.52 bits per heavy atom. The third-order valence-electron chi connectivity index (χ3n) is 4.52. The highest BCUT2D eigenvalue weighted by molar-refractivity contribution is 6.06. The highest BCUT2D eigenvalue weighted by Crippen LogP contribution is 2.33. The summed E-state index contributed by atoms with van der Waals surface area (Å²) < 4.78 is 7.76. The molecule has 0 amide bonds. The maximum Gasteiger partial charge on any atom is 0.340 e. The zero-order valence-corrected chi connectivity index (χ0v) is 14.8. The van der Waals surface area contributed by atoms with E-state index in [9.17, 15) is 4.79 Å². The number of carbonyl (C=O) groups excluding carboxylic acids is 1. The smallest absolute Gasteiger partial charge is 0.340 e. The Balaban J connectivity index is 2.20. The Morgan fingerprint density at radius 1 is 1.26 bits per heavy atom. The molecule has 0 unspecified atom stereocenters. The lowest BCUT2D eigenvalue weighted by molar-refractivity contribution is 0.0379. The molecule has 1 aromatic heterocycles. The predicted molar refractivity (Wildman–Crippen MR) is 92.7 cm³/mol. The van der Waals surface area contributed by atoms with Crippen LogP contribution >= 0.6 is 0 Å². The van der Waals surface area contributed by atoms with Gasteiger partial charge in [-0.15, -0.1) is 0 Å². The molecular formula is C19H26N2O2. The molecule has 2 aromatic rings. The van der Waals surface area contributed by atoms with Crippen molar-refractivity contribution in [2.24, 2.45) is 0 Å². The average molecular weight is 314 g/mol. The van der Waals surface area contributed by atoms with Gasteiger partial charge < -0.3 is 9.30 Å². The quantitative estimate of drug-likeness (QED) is 0.804. The molecule has 1 aliphatic rings. The SMILES string of the molecule is CCCn1c(C)c(C(=O)OC(C)C)c2cc3c(cc21)CN(C)C3. The summed E-state index contributed by atoms with van der Waals surface area (Å²) in [6.45, 7) is 10.8. The van der Waals surface area contributed by atoms with Gasteiger partial charge in [0.25, 0.3) is 0 Å². The normalized spacial score (nSPS) is 14.7. The molecule has 1 aromatic carbocycles. The van der Waals surface area contributed by atoms with E-state index in [1.54, 1.807) is 0 Å². The van der Waals surface area contributed by atoms with Crippen molar-refractivity contribution in [1.82, 2.24) is 9.47 Å². The first-order chi connectivity index (χ1) is 10.9. The highest BCUT2D eigenvalue weighted by Gasteiger charge is 2.25. The molecule has 0 radical (unpaired) electrons. The monoisotopic (exact) mass is 314 g/mol. The molecule has 0 bridgehead atoms. The minimum Gasteiger partial charge on any atom is -0.459 e. The number of aryl methyl sites for hydroxylation is 1. The summed E-state index contributed by atoms with van der Waals surface area (Å²) in [5.74, 6) is -0.205. The lowest BCUT2D eigenvalue weighted by atomic mass is 10.0. The number of fused-ring (bicyclic) bond motifs is 2. The molecule has 23 heavy (non-hydrogen) atoms. The zero-order chi connectivity index (χ0) is 16.7. The third-order valence-corrected chi connectivity index (χ3v) is 4.52. The molecule has 4 heteroatoms. The van der Waals surface area contributed by atoms with Crippen molar-refractivity contribution in [3.63, 3.8) is 0 Å². The molecular weight excluding hydrogens is 288 g/mol. The Bertz CT molecular complexity index is 759. The second-order valence-corrected chi connectivity index (χ2v) is 6.88. The molecule has 0 fully saturated rings. The average Bonchev–Trinajstić information content (AvgIpc) is 2.93. The molecule has 0 spiro atoms. The van der Waals surface area contributed by atoms with Gasteiger partial charge >= 0.3 is 5.97 Å². The minimum absolute atomic E-state index is 0.105. The Labute approximate surface area is 138 Å². The number of hydrogen-bond acceptors (Lipinski definition) is 3. The third kappa shape index (κ3) is 2.76. The highest BCUT2D eigenvalue weighted by atomic mass is 16.5. The van der Waals surface area contributed by atoms with Crippen LogP contribution in [-0.4, -0.2) is 28.6 Å². The number of aromatic nitrogens is 1. The Hall–Kier alpha value is -1.81. The fourth-order valence-electron chi connectivity index (χ4n) is 3.58. The molecule has 0 saturated carbocycles. The number of benzene rings is 1. The fourth-order valence-corrected chi connectivity index (χ4v) is 3.58. The van der Waals surface area contributed by atoms with Crippen LogP contribution in [0.1, 0.15) is 54.4 Å². The van der Waals surface area contributed by atoms with Crippen molar-refractivity contribution < 1.29 is 9.53 Å². The molecule has 124 valence electrons. The van der Waals surface area contributed by atoms with Crippen LogP contribution in [0.2, 0.25) is 0 Å². The maximum atomic E-state index is 12.6. The fraction of sp³-hybridized carbons (Fsp3) is 0.526. The van der Waals surface area contributed by atoms with Gasteiger partial charge in [0.2, 0.25) is 0 Å². The standard InChI is InChI=1S/C19H26N2O2/c1-6-7-21-13(4)18(19(22)23-12(2)3)16-8-14-10-20(5)11-15(14)9-17(16)21/h8-9,12H,6-7,10-11H2,1-5H3. The number of carbonyl (C=O) groups is 1. The summed E-state index contributed by atoms with van der Waals surface area (Å²) in [6, 6.07) is 4.47. The van der Waals surface area contributed by atoms with Gasteiger partial charge in [-0.1, -0.05) is 6.92 Å². The van der Waals surface area contributed by atoms with Gasteiger partial charge in [0.05, 0.1) is 11.7 Å². The van der Waals surface area contributed by atoms with Crippen molar-refractivity contribution >= 4 is 16.9 Å². The summed E-state index contributed by atoms with van der Waals surface area (Å²) in [7, 11) is 2.13. The van der Waals surface area contributed by atoms with Crippen molar-refractivity contribution in [3.05, 3.63) is 34.5 Å². The van der Waals surface area contributed by atoms with E-state index < -0.39 is 0 Å². The van der Waals surface area contributed by atoms with Crippen molar-refractivity contribution in [1.29, 1.82) is 0 Å². The first kappa shape index (κ1) is 16.1. The number of nitrogens with zero attached hydrogens (tertiary/aromatic N) is 2. The maximum absolute atomic E-state index is 12.6. The molecule has 1 aliphatic heterocycles. The van der Waals surface area contributed by atoms with E-state index >= 15 is 0 Å². The van der Waals surface area contributed by atoms with Crippen LogP contribution in [0.3, 0.4) is 0 Å².